The van der Waals surface area contributed by atoms with Gasteiger partial charge >= 0.3 is 0 Å². The molecule has 5 aromatic rings. The van der Waals surface area contributed by atoms with Gasteiger partial charge in [-0.25, -0.2) is 9.97 Å². The standard InChI is InChI=1S/C28H23BrN6O4/c1-4-26-32-25-11-5-20(29)14-24(25)28(36)34(26)31-15-19-13-17(2)33(18(19)3)21-6-9-23(10-7-21)39-27-12-8-22(16-30-27)35(37)38/h5-16H,4H2,1-3H3. The molecule has 0 amide bonds. The van der Waals surface area contributed by atoms with E-state index >= 15 is 0 Å². The van der Waals surface area contributed by atoms with Crippen molar-refractivity contribution in [1.82, 2.24) is 19.2 Å². The van der Waals surface area contributed by atoms with Gasteiger partial charge in [0.05, 0.1) is 22.0 Å². The van der Waals surface area contributed by atoms with Crippen LogP contribution in [0.4, 0.5) is 5.69 Å². The molecule has 3 heterocycles. The molecule has 0 saturated carbocycles. The van der Waals surface area contributed by atoms with E-state index in [9.17, 15) is 14.9 Å². The molecular weight excluding hydrogens is 564 g/mol. The summed E-state index contributed by atoms with van der Waals surface area (Å²) in [6.45, 7) is 5.92. The first-order valence-electron chi connectivity index (χ1n) is 12.1. The number of aryl methyl sites for hydroxylation is 2. The number of halogens is 1. The molecule has 0 fully saturated rings. The third-order valence-corrected chi connectivity index (χ3v) is 6.72. The van der Waals surface area contributed by atoms with Crippen LogP contribution in [-0.2, 0) is 6.42 Å². The molecule has 0 aliphatic heterocycles. The zero-order chi connectivity index (χ0) is 27.7. The summed E-state index contributed by atoms with van der Waals surface area (Å²) in [5.74, 6) is 1.39. The van der Waals surface area contributed by atoms with E-state index in [1.165, 1.54) is 16.8 Å². The molecular formula is C28H23BrN6O4. The maximum atomic E-state index is 13.2. The maximum Gasteiger partial charge on any atom is 0.287 e. The van der Waals surface area contributed by atoms with E-state index in [0.717, 1.165) is 33.3 Å². The molecule has 0 N–H and O–H groups in total. The molecule has 0 spiro atoms. The van der Waals surface area contributed by atoms with Crippen molar-refractivity contribution in [2.24, 2.45) is 5.10 Å². The summed E-state index contributed by atoms with van der Waals surface area (Å²) >= 11 is 3.42. The Morgan fingerprint density at radius 2 is 1.87 bits per heavy atom. The van der Waals surface area contributed by atoms with Crippen molar-refractivity contribution in [2.45, 2.75) is 27.2 Å². The Balaban J connectivity index is 1.42. The Bertz CT molecular complexity index is 1790. The minimum atomic E-state index is -0.509. The summed E-state index contributed by atoms with van der Waals surface area (Å²) < 4.78 is 9.96. The van der Waals surface area contributed by atoms with Gasteiger partial charge in [0.15, 0.2) is 0 Å². The lowest BCUT2D eigenvalue weighted by Crippen LogP contribution is -2.22. The third-order valence-electron chi connectivity index (χ3n) is 6.22. The number of hydrogen-bond donors (Lipinski definition) is 0. The summed E-state index contributed by atoms with van der Waals surface area (Å²) in [6.07, 6.45) is 3.40. The van der Waals surface area contributed by atoms with Gasteiger partial charge in [-0.2, -0.15) is 9.78 Å². The first kappa shape index (κ1) is 26.0. The minimum absolute atomic E-state index is 0.101. The highest BCUT2D eigenvalue weighted by molar-refractivity contribution is 9.10. The molecule has 0 radical (unpaired) electrons. The number of rotatable bonds is 7. The Labute approximate surface area is 231 Å². The molecule has 0 atom stereocenters. The molecule has 0 aliphatic carbocycles. The van der Waals surface area contributed by atoms with E-state index in [-0.39, 0.29) is 17.1 Å². The molecule has 0 aliphatic rings. The number of nitro groups is 1. The van der Waals surface area contributed by atoms with Gasteiger partial charge in [-0.05, 0) is 62.4 Å². The van der Waals surface area contributed by atoms with Crippen LogP contribution >= 0.6 is 15.9 Å². The monoisotopic (exact) mass is 586 g/mol. The van der Waals surface area contributed by atoms with Gasteiger partial charge in [0, 0.05) is 45.7 Å². The van der Waals surface area contributed by atoms with Crippen molar-refractivity contribution >= 4 is 38.7 Å². The highest BCUT2D eigenvalue weighted by atomic mass is 79.9. The fourth-order valence-corrected chi connectivity index (χ4v) is 4.66. The van der Waals surface area contributed by atoms with Crippen LogP contribution in [0.1, 0.15) is 29.7 Å². The minimum Gasteiger partial charge on any atom is -0.439 e. The molecule has 11 heteroatoms. The van der Waals surface area contributed by atoms with Crippen molar-refractivity contribution < 1.29 is 9.66 Å². The number of pyridine rings is 1. The fraction of sp³-hybridized carbons (Fsp3) is 0.143. The third kappa shape index (κ3) is 5.21. The average molecular weight is 587 g/mol. The van der Waals surface area contributed by atoms with Gasteiger partial charge in [-0.1, -0.05) is 22.9 Å². The average Bonchev–Trinajstić information content (AvgIpc) is 3.21. The van der Waals surface area contributed by atoms with Gasteiger partial charge < -0.3 is 9.30 Å². The first-order valence-corrected chi connectivity index (χ1v) is 12.9. The number of ether oxygens (including phenoxy) is 1. The van der Waals surface area contributed by atoms with Crippen LogP contribution in [0.5, 0.6) is 11.6 Å². The van der Waals surface area contributed by atoms with Crippen LogP contribution in [0, 0.1) is 24.0 Å². The normalized spacial score (nSPS) is 11.4. The van der Waals surface area contributed by atoms with Crippen LogP contribution in [0.3, 0.4) is 0 Å². The lowest BCUT2D eigenvalue weighted by Gasteiger charge is -2.11. The van der Waals surface area contributed by atoms with Crippen LogP contribution in [-0.4, -0.2) is 30.3 Å². The topological polar surface area (TPSA) is 117 Å². The van der Waals surface area contributed by atoms with Crippen LogP contribution < -0.4 is 10.3 Å². The van der Waals surface area contributed by atoms with E-state index in [1.54, 1.807) is 24.4 Å². The van der Waals surface area contributed by atoms with Crippen LogP contribution in [0.2, 0.25) is 0 Å². The molecule has 3 aromatic heterocycles. The highest BCUT2D eigenvalue weighted by Crippen LogP contribution is 2.25. The number of benzene rings is 2. The molecule has 5 rings (SSSR count). The van der Waals surface area contributed by atoms with E-state index in [2.05, 4.69) is 35.6 Å². The second-order valence-corrected chi connectivity index (χ2v) is 9.69. The summed E-state index contributed by atoms with van der Waals surface area (Å²) in [6, 6.07) is 17.7. The van der Waals surface area contributed by atoms with Gasteiger partial charge in [0.25, 0.3) is 11.2 Å². The first-order chi connectivity index (χ1) is 18.7. The van der Waals surface area contributed by atoms with E-state index < -0.39 is 4.92 Å². The summed E-state index contributed by atoms with van der Waals surface area (Å²) in [5.41, 5.74) is 4.04. The van der Waals surface area contributed by atoms with Gasteiger partial charge in [-0.15, -0.1) is 0 Å². The molecule has 2 aromatic carbocycles. The summed E-state index contributed by atoms with van der Waals surface area (Å²) in [5, 5.41) is 15.8. The Morgan fingerprint density at radius 1 is 1.10 bits per heavy atom. The van der Waals surface area contributed by atoms with Gasteiger partial charge in [-0.3, -0.25) is 14.9 Å². The predicted octanol–water partition coefficient (Wildman–Crippen LogP) is 6.11. The second kappa shape index (κ2) is 10.6. The van der Waals surface area contributed by atoms with Crippen molar-refractivity contribution in [3.63, 3.8) is 0 Å². The molecule has 10 nitrogen and oxygen atoms in total. The molecule has 0 saturated heterocycles. The van der Waals surface area contributed by atoms with E-state index in [4.69, 9.17) is 4.74 Å². The second-order valence-electron chi connectivity index (χ2n) is 8.77. The molecule has 0 bridgehead atoms. The largest absolute Gasteiger partial charge is 0.439 e. The maximum absolute atomic E-state index is 13.2. The Hall–Kier alpha value is -4.64. The van der Waals surface area contributed by atoms with Crippen molar-refractivity contribution in [2.75, 3.05) is 0 Å². The number of fused-ring (bicyclic) bond motifs is 1. The Kier molecular flexibility index (Phi) is 7.07. The molecule has 0 unspecified atom stereocenters. The lowest BCUT2D eigenvalue weighted by molar-refractivity contribution is -0.385. The van der Waals surface area contributed by atoms with Crippen LogP contribution in [0.15, 0.2) is 81.2 Å². The van der Waals surface area contributed by atoms with Crippen molar-refractivity contribution in [3.8, 4) is 17.3 Å². The fourth-order valence-electron chi connectivity index (χ4n) is 4.30. The highest BCUT2D eigenvalue weighted by Gasteiger charge is 2.13. The van der Waals surface area contributed by atoms with E-state index in [0.29, 0.717) is 28.9 Å². The van der Waals surface area contributed by atoms with Gasteiger partial charge in [0.1, 0.15) is 17.8 Å². The number of aromatic nitrogens is 4. The lowest BCUT2D eigenvalue weighted by atomic mass is 10.2. The zero-order valence-corrected chi connectivity index (χ0v) is 22.9. The quantitative estimate of drug-likeness (QED) is 0.129. The summed E-state index contributed by atoms with van der Waals surface area (Å²) in [4.78, 5) is 32.1. The number of hydrogen-bond acceptors (Lipinski definition) is 7. The molecule has 196 valence electrons. The van der Waals surface area contributed by atoms with Gasteiger partial charge in [0.2, 0.25) is 5.88 Å². The predicted molar refractivity (Wildman–Crippen MR) is 152 cm³/mol. The van der Waals surface area contributed by atoms with E-state index in [1.807, 2.05) is 51.1 Å². The zero-order valence-electron chi connectivity index (χ0n) is 21.3. The number of nitrogens with zero attached hydrogens (tertiary/aromatic N) is 6. The molecule has 39 heavy (non-hydrogen) atoms. The SMILES string of the molecule is CCc1nc2ccc(Br)cc2c(=O)n1N=Cc1cc(C)n(-c2ccc(Oc3ccc([N+](=O)[O-])cn3)cc2)c1C. The van der Waals surface area contributed by atoms with Crippen molar-refractivity contribution in [1.29, 1.82) is 0 Å². The summed E-state index contributed by atoms with van der Waals surface area (Å²) in [7, 11) is 0. The van der Waals surface area contributed by atoms with Crippen molar-refractivity contribution in [3.05, 3.63) is 115 Å². The van der Waals surface area contributed by atoms with Crippen LogP contribution in [0.25, 0.3) is 16.6 Å². The Morgan fingerprint density at radius 3 is 2.54 bits per heavy atom. The smallest absolute Gasteiger partial charge is 0.287 e.